The van der Waals surface area contributed by atoms with Crippen molar-refractivity contribution in [1.82, 2.24) is 0 Å². The number of rotatable bonds is 3. The predicted molar refractivity (Wildman–Crippen MR) is 96.6 cm³/mol. The van der Waals surface area contributed by atoms with Gasteiger partial charge in [-0.2, -0.15) is 0 Å². The van der Waals surface area contributed by atoms with Crippen LogP contribution in [0.1, 0.15) is 25.5 Å². The number of benzene rings is 2. The fraction of sp³-hybridized carbons (Fsp3) is 0.211. The van der Waals surface area contributed by atoms with Gasteiger partial charge >= 0.3 is 0 Å². The minimum Gasteiger partial charge on any atom is -0.460 e. The summed E-state index contributed by atoms with van der Waals surface area (Å²) in [6, 6.07) is 12.8. The van der Waals surface area contributed by atoms with Crippen LogP contribution in [0.4, 0.5) is 5.69 Å². The van der Waals surface area contributed by atoms with Crippen LogP contribution in [0.2, 0.25) is 5.02 Å². The molecule has 0 radical (unpaired) electrons. The van der Waals surface area contributed by atoms with Crippen molar-refractivity contribution in [3.63, 3.8) is 0 Å². The van der Waals surface area contributed by atoms with Gasteiger partial charge in [-0.05, 0) is 29.8 Å². The summed E-state index contributed by atoms with van der Waals surface area (Å²) in [7, 11) is 1.84. The second kappa shape index (κ2) is 6.09. The average molecular weight is 328 g/mol. The van der Waals surface area contributed by atoms with E-state index in [1.807, 2.05) is 45.2 Å². The van der Waals surface area contributed by atoms with Gasteiger partial charge in [-0.1, -0.05) is 37.6 Å². The van der Waals surface area contributed by atoms with Gasteiger partial charge < -0.3 is 9.73 Å². The fourth-order valence-corrected chi connectivity index (χ4v) is 2.79. The zero-order chi connectivity index (χ0) is 16.6. The van der Waals surface area contributed by atoms with E-state index in [9.17, 15) is 4.79 Å². The van der Waals surface area contributed by atoms with Crippen molar-refractivity contribution >= 4 is 28.3 Å². The van der Waals surface area contributed by atoms with Gasteiger partial charge in [-0.25, -0.2) is 0 Å². The van der Waals surface area contributed by atoms with Crippen LogP contribution in [0.5, 0.6) is 0 Å². The predicted octanol–water partition coefficient (Wildman–Crippen LogP) is 5.28. The quantitative estimate of drug-likeness (QED) is 0.711. The van der Waals surface area contributed by atoms with Crippen molar-refractivity contribution in [2.45, 2.75) is 19.8 Å². The van der Waals surface area contributed by atoms with Crippen LogP contribution in [0.25, 0.3) is 22.1 Å². The van der Waals surface area contributed by atoms with Crippen molar-refractivity contribution in [1.29, 1.82) is 0 Å². The van der Waals surface area contributed by atoms with Gasteiger partial charge in [0.1, 0.15) is 11.3 Å². The molecule has 4 heteroatoms. The van der Waals surface area contributed by atoms with E-state index >= 15 is 0 Å². The molecule has 118 valence electrons. The van der Waals surface area contributed by atoms with Gasteiger partial charge in [-0.3, -0.25) is 4.79 Å². The average Bonchev–Trinajstić information content (AvgIpc) is 2.55. The van der Waals surface area contributed by atoms with E-state index in [0.717, 1.165) is 11.3 Å². The van der Waals surface area contributed by atoms with E-state index in [2.05, 4.69) is 5.32 Å². The SMILES string of the molecule is CNc1ccc2c(=O)c(-c3ccc(Cl)cc3)c(C(C)C)oc2c1. The lowest BCUT2D eigenvalue weighted by molar-refractivity contribution is 0.512. The summed E-state index contributed by atoms with van der Waals surface area (Å²) >= 11 is 5.96. The molecule has 1 N–H and O–H groups in total. The number of halogens is 1. The smallest absolute Gasteiger partial charge is 0.200 e. The molecule has 2 aromatic carbocycles. The molecule has 0 spiro atoms. The molecule has 0 aliphatic heterocycles. The maximum atomic E-state index is 13.0. The van der Waals surface area contributed by atoms with Crippen molar-refractivity contribution in [3.05, 3.63) is 63.5 Å². The van der Waals surface area contributed by atoms with Crippen LogP contribution in [-0.4, -0.2) is 7.05 Å². The second-order valence-corrected chi connectivity index (χ2v) is 6.23. The molecule has 0 saturated heterocycles. The molecule has 3 rings (SSSR count). The Morgan fingerprint density at radius 2 is 1.78 bits per heavy atom. The van der Waals surface area contributed by atoms with E-state index in [-0.39, 0.29) is 11.3 Å². The lowest BCUT2D eigenvalue weighted by atomic mass is 9.97. The van der Waals surface area contributed by atoms with Crippen LogP contribution in [0.15, 0.2) is 51.7 Å². The third kappa shape index (κ3) is 2.84. The summed E-state index contributed by atoms with van der Waals surface area (Å²) in [6.45, 7) is 4.04. The molecule has 0 unspecified atom stereocenters. The Morgan fingerprint density at radius 3 is 2.39 bits per heavy atom. The third-order valence-electron chi connectivity index (χ3n) is 3.87. The lowest BCUT2D eigenvalue weighted by Gasteiger charge is -2.13. The molecule has 23 heavy (non-hydrogen) atoms. The van der Waals surface area contributed by atoms with Crippen LogP contribution in [-0.2, 0) is 0 Å². The number of fused-ring (bicyclic) bond motifs is 1. The van der Waals surface area contributed by atoms with Gasteiger partial charge in [0.15, 0.2) is 0 Å². The van der Waals surface area contributed by atoms with Crippen LogP contribution in [0.3, 0.4) is 0 Å². The van der Waals surface area contributed by atoms with Gasteiger partial charge in [0.05, 0.1) is 10.9 Å². The van der Waals surface area contributed by atoms with Crippen molar-refractivity contribution in [3.8, 4) is 11.1 Å². The first-order valence-electron chi connectivity index (χ1n) is 7.55. The molecule has 3 aromatic rings. The molecule has 3 nitrogen and oxygen atoms in total. The zero-order valence-electron chi connectivity index (χ0n) is 13.3. The zero-order valence-corrected chi connectivity index (χ0v) is 14.1. The van der Waals surface area contributed by atoms with Gasteiger partial charge in [-0.15, -0.1) is 0 Å². The van der Waals surface area contributed by atoms with Crippen molar-refractivity contribution in [2.24, 2.45) is 0 Å². The number of hydrogen-bond acceptors (Lipinski definition) is 3. The molecular weight excluding hydrogens is 310 g/mol. The first kappa shape index (κ1) is 15.6. The Morgan fingerprint density at radius 1 is 1.09 bits per heavy atom. The number of hydrogen-bond donors (Lipinski definition) is 1. The minimum absolute atomic E-state index is 0.0140. The third-order valence-corrected chi connectivity index (χ3v) is 4.12. The molecule has 1 aromatic heterocycles. The molecule has 0 aliphatic rings. The molecule has 0 amide bonds. The Labute approximate surface area is 139 Å². The Kier molecular flexibility index (Phi) is 4.14. The minimum atomic E-state index is -0.0140. The maximum Gasteiger partial charge on any atom is 0.200 e. The van der Waals surface area contributed by atoms with E-state index < -0.39 is 0 Å². The summed E-state index contributed by atoms with van der Waals surface area (Å²) < 4.78 is 6.09. The maximum absolute atomic E-state index is 13.0. The molecule has 0 fully saturated rings. The van der Waals surface area contributed by atoms with E-state index in [4.69, 9.17) is 16.0 Å². The molecular formula is C19H18ClNO2. The van der Waals surface area contributed by atoms with Gasteiger partial charge in [0.25, 0.3) is 0 Å². The highest BCUT2D eigenvalue weighted by Gasteiger charge is 2.18. The van der Waals surface area contributed by atoms with Gasteiger partial charge in [0, 0.05) is 29.7 Å². The van der Waals surface area contributed by atoms with Crippen molar-refractivity contribution in [2.75, 3.05) is 12.4 Å². The van der Waals surface area contributed by atoms with Crippen LogP contribution in [0, 0.1) is 0 Å². The summed E-state index contributed by atoms with van der Waals surface area (Å²) in [5.41, 5.74) is 2.94. The largest absolute Gasteiger partial charge is 0.460 e. The highest BCUT2D eigenvalue weighted by Crippen LogP contribution is 2.31. The second-order valence-electron chi connectivity index (χ2n) is 5.79. The Hall–Kier alpha value is -2.26. The highest BCUT2D eigenvalue weighted by molar-refractivity contribution is 6.30. The van der Waals surface area contributed by atoms with E-state index in [1.54, 1.807) is 18.2 Å². The monoisotopic (exact) mass is 327 g/mol. The van der Waals surface area contributed by atoms with Crippen LogP contribution >= 0.6 is 11.6 Å². The topological polar surface area (TPSA) is 42.2 Å². The summed E-state index contributed by atoms with van der Waals surface area (Å²) in [4.78, 5) is 13.0. The van der Waals surface area contributed by atoms with Gasteiger partial charge in [0.2, 0.25) is 5.43 Å². The van der Waals surface area contributed by atoms with E-state index in [1.165, 1.54) is 0 Å². The molecule has 1 heterocycles. The first-order valence-corrected chi connectivity index (χ1v) is 7.93. The summed E-state index contributed by atoms with van der Waals surface area (Å²) in [5.74, 6) is 0.786. The Bertz CT molecular complexity index is 911. The molecule has 0 aliphatic carbocycles. The summed E-state index contributed by atoms with van der Waals surface area (Å²) in [5, 5.41) is 4.29. The van der Waals surface area contributed by atoms with Crippen molar-refractivity contribution < 1.29 is 4.42 Å². The first-order chi connectivity index (χ1) is 11.0. The normalized spacial score (nSPS) is 11.2. The molecule has 0 atom stereocenters. The lowest BCUT2D eigenvalue weighted by Crippen LogP contribution is -2.10. The summed E-state index contributed by atoms with van der Waals surface area (Å²) in [6.07, 6.45) is 0. The standard InChI is InChI=1S/C19H18ClNO2/c1-11(2)19-17(12-4-6-13(20)7-5-12)18(22)15-9-8-14(21-3)10-16(15)23-19/h4-11,21H,1-3H3. The number of anilines is 1. The Balaban J connectivity index is 2.35. The van der Waals surface area contributed by atoms with E-state index in [0.29, 0.717) is 27.3 Å². The number of nitrogens with one attached hydrogen (secondary N) is 1. The highest BCUT2D eigenvalue weighted by atomic mass is 35.5. The fourth-order valence-electron chi connectivity index (χ4n) is 2.66. The van der Waals surface area contributed by atoms with Crippen LogP contribution < -0.4 is 10.7 Å². The molecule has 0 saturated carbocycles. The molecule has 0 bridgehead atoms.